The van der Waals surface area contributed by atoms with E-state index in [0.29, 0.717) is 43.3 Å². The average Bonchev–Trinajstić information content (AvgIpc) is 2.93. The maximum absolute atomic E-state index is 13.6. The molecule has 0 unspecified atom stereocenters. The summed E-state index contributed by atoms with van der Waals surface area (Å²) in [5, 5.41) is 6.28. The van der Waals surface area contributed by atoms with Crippen molar-refractivity contribution in [2.75, 3.05) is 39.9 Å². The first-order chi connectivity index (χ1) is 18.8. The van der Waals surface area contributed by atoms with Crippen LogP contribution in [0, 0.1) is 12.3 Å². The van der Waals surface area contributed by atoms with Crippen molar-refractivity contribution in [3.63, 3.8) is 0 Å². The number of benzene rings is 2. The summed E-state index contributed by atoms with van der Waals surface area (Å²) in [5.41, 5.74) is 3.67. The van der Waals surface area contributed by atoms with E-state index < -0.39 is 0 Å². The number of amides is 2. The van der Waals surface area contributed by atoms with Gasteiger partial charge in [0.25, 0.3) is 5.91 Å². The van der Waals surface area contributed by atoms with Gasteiger partial charge in [0.05, 0.1) is 24.7 Å². The van der Waals surface area contributed by atoms with Crippen molar-refractivity contribution in [3.8, 4) is 11.5 Å². The topological polar surface area (TPSA) is 79.9 Å². The molecule has 0 atom stereocenters. The fraction of sp³-hybridized carbons (Fsp3) is 0.562. The van der Waals surface area contributed by atoms with Crippen molar-refractivity contribution in [2.45, 2.75) is 71.8 Å². The van der Waals surface area contributed by atoms with E-state index in [1.54, 1.807) is 7.11 Å². The van der Waals surface area contributed by atoms with Crippen LogP contribution < -0.4 is 20.1 Å². The standard InChI is InChI=1S/C32H45N3O4/c1-23(2)25-11-12-28(38-4)26(21-25)22-35-18-14-32(15-19-35)13-5-6-16-33-30(36)27-10-7-9-24(3)29(27)39-20-8-17-34-31(32)37/h7,9-12,21,23H,5-6,8,13-20,22H2,1-4H3,(H,33,36)(H,34,37). The number of methoxy groups -OCH3 is 1. The van der Waals surface area contributed by atoms with Crippen LogP contribution in [0.4, 0.5) is 0 Å². The summed E-state index contributed by atoms with van der Waals surface area (Å²) in [7, 11) is 1.73. The van der Waals surface area contributed by atoms with Crippen molar-refractivity contribution < 1.29 is 19.1 Å². The number of carbonyl (C=O) groups is 2. The van der Waals surface area contributed by atoms with Crippen LogP contribution >= 0.6 is 0 Å². The molecule has 212 valence electrons. The molecule has 2 heterocycles. The van der Waals surface area contributed by atoms with Crippen LogP contribution in [0.5, 0.6) is 11.5 Å². The monoisotopic (exact) mass is 535 g/mol. The van der Waals surface area contributed by atoms with E-state index in [1.165, 1.54) is 11.1 Å². The van der Waals surface area contributed by atoms with E-state index in [-0.39, 0.29) is 17.2 Å². The van der Waals surface area contributed by atoms with Gasteiger partial charge in [0.15, 0.2) is 0 Å². The number of hydrogen-bond acceptors (Lipinski definition) is 5. The lowest BCUT2D eigenvalue weighted by Gasteiger charge is -2.41. The quantitative estimate of drug-likeness (QED) is 0.562. The van der Waals surface area contributed by atoms with Gasteiger partial charge in [-0.1, -0.05) is 44.5 Å². The van der Waals surface area contributed by atoms with Gasteiger partial charge >= 0.3 is 0 Å². The Balaban J connectivity index is 1.40. The zero-order chi connectivity index (χ0) is 27.8. The molecule has 0 aliphatic carbocycles. The number of likely N-dealkylation sites (tertiary alicyclic amines) is 1. The Morgan fingerprint density at radius 1 is 1.00 bits per heavy atom. The van der Waals surface area contributed by atoms with E-state index in [2.05, 4.69) is 47.6 Å². The molecule has 4 rings (SSSR count). The molecule has 0 bridgehead atoms. The first-order valence-corrected chi connectivity index (χ1v) is 14.5. The summed E-state index contributed by atoms with van der Waals surface area (Å²) in [6.07, 6.45) is 4.92. The van der Waals surface area contributed by atoms with Gasteiger partial charge < -0.3 is 20.1 Å². The SMILES string of the molecule is COc1ccc(C(C)C)cc1CN1CCC2(CCCCNC(=O)c3cccc(C)c3OCCCNC2=O)CC1. The van der Waals surface area contributed by atoms with Gasteiger partial charge in [0.1, 0.15) is 11.5 Å². The van der Waals surface area contributed by atoms with Crippen LogP contribution in [0.15, 0.2) is 36.4 Å². The molecule has 0 radical (unpaired) electrons. The first-order valence-electron chi connectivity index (χ1n) is 14.5. The Kier molecular flexibility index (Phi) is 9.89. The van der Waals surface area contributed by atoms with Gasteiger partial charge in [-0.2, -0.15) is 0 Å². The Bertz CT molecular complexity index is 1140. The lowest BCUT2D eigenvalue weighted by molar-refractivity contribution is -0.134. The largest absolute Gasteiger partial charge is 0.496 e. The molecule has 2 aromatic rings. The Hall–Kier alpha value is -3.06. The Morgan fingerprint density at radius 3 is 2.51 bits per heavy atom. The van der Waals surface area contributed by atoms with Gasteiger partial charge in [0.2, 0.25) is 5.91 Å². The highest BCUT2D eigenvalue weighted by Crippen LogP contribution is 2.38. The van der Waals surface area contributed by atoms with Crippen molar-refractivity contribution in [2.24, 2.45) is 5.41 Å². The number of nitrogens with zero attached hydrogens (tertiary/aromatic N) is 1. The van der Waals surface area contributed by atoms with Crippen LogP contribution in [-0.2, 0) is 11.3 Å². The fourth-order valence-corrected chi connectivity index (χ4v) is 5.80. The van der Waals surface area contributed by atoms with E-state index >= 15 is 0 Å². The molecule has 1 spiro atoms. The molecule has 0 saturated carbocycles. The van der Waals surface area contributed by atoms with Crippen LogP contribution in [0.3, 0.4) is 0 Å². The van der Waals surface area contributed by atoms with E-state index in [4.69, 9.17) is 9.47 Å². The highest BCUT2D eigenvalue weighted by Gasteiger charge is 2.40. The smallest absolute Gasteiger partial charge is 0.255 e. The van der Waals surface area contributed by atoms with Gasteiger partial charge in [-0.05, 0) is 81.3 Å². The molecule has 7 heteroatoms. The van der Waals surface area contributed by atoms with E-state index in [1.807, 2.05) is 25.1 Å². The Labute approximate surface area is 233 Å². The predicted octanol–water partition coefficient (Wildman–Crippen LogP) is 5.21. The van der Waals surface area contributed by atoms with E-state index in [9.17, 15) is 9.59 Å². The van der Waals surface area contributed by atoms with Crippen molar-refractivity contribution in [3.05, 3.63) is 58.7 Å². The number of ether oxygens (including phenoxy) is 2. The molecule has 2 amide bonds. The number of carbonyl (C=O) groups excluding carboxylic acids is 2. The molecule has 7 nitrogen and oxygen atoms in total. The molecule has 1 fully saturated rings. The summed E-state index contributed by atoms with van der Waals surface area (Å²) in [5.74, 6) is 2.09. The molecule has 2 aliphatic rings. The minimum atomic E-state index is -0.370. The summed E-state index contributed by atoms with van der Waals surface area (Å²) in [6.45, 7) is 10.5. The minimum absolute atomic E-state index is 0.0993. The zero-order valence-electron chi connectivity index (χ0n) is 24.1. The molecular formula is C32H45N3O4. The summed E-state index contributed by atoms with van der Waals surface area (Å²) >= 11 is 0. The van der Waals surface area contributed by atoms with Crippen LogP contribution in [0.1, 0.15) is 85.3 Å². The fourth-order valence-electron chi connectivity index (χ4n) is 5.80. The number of aryl methyl sites for hydroxylation is 1. The maximum atomic E-state index is 13.6. The molecule has 1 saturated heterocycles. The number of rotatable bonds is 4. The summed E-state index contributed by atoms with van der Waals surface area (Å²) in [6, 6.07) is 12.1. The molecule has 2 aliphatic heterocycles. The summed E-state index contributed by atoms with van der Waals surface area (Å²) < 4.78 is 11.7. The average molecular weight is 536 g/mol. The summed E-state index contributed by atoms with van der Waals surface area (Å²) in [4.78, 5) is 28.9. The number of fused-ring (bicyclic) bond motifs is 1. The number of para-hydroxylation sites is 1. The molecular weight excluding hydrogens is 490 g/mol. The van der Waals surface area contributed by atoms with Crippen LogP contribution in [0.2, 0.25) is 0 Å². The molecule has 0 aromatic heterocycles. The highest BCUT2D eigenvalue weighted by molar-refractivity contribution is 5.97. The van der Waals surface area contributed by atoms with Crippen molar-refractivity contribution >= 4 is 11.8 Å². The van der Waals surface area contributed by atoms with Gasteiger partial charge in [-0.25, -0.2) is 0 Å². The third-order valence-corrected chi connectivity index (χ3v) is 8.34. The van der Waals surface area contributed by atoms with Crippen LogP contribution in [0.25, 0.3) is 0 Å². The number of nitrogens with one attached hydrogen (secondary N) is 2. The van der Waals surface area contributed by atoms with Crippen molar-refractivity contribution in [1.29, 1.82) is 0 Å². The van der Waals surface area contributed by atoms with E-state index in [0.717, 1.165) is 63.1 Å². The van der Waals surface area contributed by atoms with Gasteiger partial charge in [0, 0.05) is 25.2 Å². The molecule has 2 aromatic carbocycles. The first kappa shape index (κ1) is 28.9. The molecule has 2 N–H and O–H groups in total. The second-order valence-corrected chi connectivity index (χ2v) is 11.4. The van der Waals surface area contributed by atoms with Crippen molar-refractivity contribution in [1.82, 2.24) is 15.5 Å². The second kappa shape index (κ2) is 13.3. The minimum Gasteiger partial charge on any atom is -0.496 e. The lowest BCUT2D eigenvalue weighted by Crippen LogP contribution is -2.49. The maximum Gasteiger partial charge on any atom is 0.255 e. The zero-order valence-corrected chi connectivity index (χ0v) is 24.1. The lowest BCUT2D eigenvalue weighted by atomic mass is 9.73. The predicted molar refractivity (Wildman–Crippen MR) is 155 cm³/mol. The normalized spacial score (nSPS) is 19.3. The highest BCUT2D eigenvalue weighted by atomic mass is 16.5. The second-order valence-electron chi connectivity index (χ2n) is 11.4. The van der Waals surface area contributed by atoms with Crippen LogP contribution in [-0.4, -0.2) is 56.6 Å². The number of hydrogen-bond donors (Lipinski definition) is 2. The number of piperidine rings is 1. The molecule has 39 heavy (non-hydrogen) atoms. The third kappa shape index (κ3) is 7.13. The van der Waals surface area contributed by atoms with Gasteiger partial charge in [-0.15, -0.1) is 0 Å². The Morgan fingerprint density at radius 2 is 1.77 bits per heavy atom. The third-order valence-electron chi connectivity index (χ3n) is 8.34. The van der Waals surface area contributed by atoms with Gasteiger partial charge in [-0.3, -0.25) is 14.5 Å².